The fourth-order valence-electron chi connectivity index (χ4n) is 2.35. The lowest BCUT2D eigenvalue weighted by atomic mass is 10.1. The van der Waals surface area contributed by atoms with Gasteiger partial charge in [-0.3, -0.25) is 9.59 Å². The van der Waals surface area contributed by atoms with Crippen LogP contribution in [-0.4, -0.2) is 35.5 Å². The van der Waals surface area contributed by atoms with E-state index in [-0.39, 0.29) is 12.3 Å². The molecule has 4 heteroatoms. The summed E-state index contributed by atoms with van der Waals surface area (Å²) in [5.74, 6) is -0.514. The number of amides is 1. The highest BCUT2D eigenvalue weighted by Crippen LogP contribution is 2.09. The second-order valence-electron chi connectivity index (χ2n) is 5.89. The molecule has 0 bridgehead atoms. The van der Waals surface area contributed by atoms with E-state index in [1.165, 1.54) is 32.1 Å². The van der Waals surface area contributed by atoms with Gasteiger partial charge >= 0.3 is 5.97 Å². The lowest BCUT2D eigenvalue weighted by molar-refractivity contribution is -0.137. The standard InChI is InChI=1S/C17H33NO3/c1-3-4-5-6-7-8-10-13-16(19)18(2)15-12-9-11-14-17(20)21/h3-15H2,1-2H3,(H,20,21). The van der Waals surface area contributed by atoms with Crippen LogP contribution in [-0.2, 0) is 9.59 Å². The van der Waals surface area contributed by atoms with E-state index < -0.39 is 5.97 Å². The van der Waals surface area contributed by atoms with E-state index >= 15 is 0 Å². The van der Waals surface area contributed by atoms with Crippen molar-refractivity contribution in [2.45, 2.75) is 84.0 Å². The molecule has 0 unspecified atom stereocenters. The van der Waals surface area contributed by atoms with Crippen molar-refractivity contribution in [3.8, 4) is 0 Å². The van der Waals surface area contributed by atoms with Crippen LogP contribution in [0.2, 0.25) is 0 Å². The third-order valence-electron chi connectivity index (χ3n) is 3.80. The maximum atomic E-state index is 11.9. The zero-order chi connectivity index (χ0) is 15.9. The Kier molecular flexibility index (Phi) is 13.2. The first-order valence-corrected chi connectivity index (χ1v) is 8.53. The first kappa shape index (κ1) is 19.9. The first-order chi connectivity index (χ1) is 10.1. The Morgan fingerprint density at radius 1 is 0.810 bits per heavy atom. The molecule has 0 aromatic carbocycles. The number of hydrogen-bond acceptors (Lipinski definition) is 2. The summed E-state index contributed by atoms with van der Waals surface area (Å²) in [6.45, 7) is 2.96. The normalized spacial score (nSPS) is 10.6. The summed E-state index contributed by atoms with van der Waals surface area (Å²) in [7, 11) is 1.85. The number of hydrogen-bond donors (Lipinski definition) is 1. The molecule has 124 valence electrons. The van der Waals surface area contributed by atoms with Crippen molar-refractivity contribution in [2.24, 2.45) is 0 Å². The van der Waals surface area contributed by atoms with Gasteiger partial charge in [0.05, 0.1) is 0 Å². The van der Waals surface area contributed by atoms with Gasteiger partial charge in [0.1, 0.15) is 0 Å². The summed E-state index contributed by atoms with van der Waals surface area (Å²) in [5.41, 5.74) is 0. The van der Waals surface area contributed by atoms with Crippen molar-refractivity contribution >= 4 is 11.9 Å². The summed E-state index contributed by atoms with van der Waals surface area (Å²) < 4.78 is 0. The monoisotopic (exact) mass is 299 g/mol. The number of nitrogens with zero attached hydrogens (tertiary/aromatic N) is 1. The van der Waals surface area contributed by atoms with Gasteiger partial charge in [-0.1, -0.05) is 51.9 Å². The molecule has 0 spiro atoms. The molecule has 0 rings (SSSR count). The van der Waals surface area contributed by atoms with Crippen LogP contribution in [0.5, 0.6) is 0 Å². The molecule has 21 heavy (non-hydrogen) atoms. The molecule has 0 saturated carbocycles. The molecule has 0 aliphatic carbocycles. The Bertz CT molecular complexity index is 279. The SMILES string of the molecule is CCCCCCCCCC(=O)N(C)CCCCCC(=O)O. The van der Waals surface area contributed by atoms with E-state index in [0.717, 1.165) is 32.2 Å². The summed E-state index contributed by atoms with van der Waals surface area (Å²) in [4.78, 5) is 24.0. The second-order valence-corrected chi connectivity index (χ2v) is 5.89. The van der Waals surface area contributed by atoms with Gasteiger partial charge in [0.25, 0.3) is 0 Å². The number of aliphatic carboxylic acids is 1. The first-order valence-electron chi connectivity index (χ1n) is 8.53. The Morgan fingerprint density at radius 2 is 1.33 bits per heavy atom. The number of carbonyl (C=O) groups is 2. The fourth-order valence-corrected chi connectivity index (χ4v) is 2.35. The maximum Gasteiger partial charge on any atom is 0.303 e. The van der Waals surface area contributed by atoms with Crippen molar-refractivity contribution in [2.75, 3.05) is 13.6 Å². The predicted octanol–water partition coefficient (Wildman–Crippen LogP) is 4.23. The summed E-state index contributed by atoms with van der Waals surface area (Å²) >= 11 is 0. The molecule has 0 aromatic rings. The minimum atomic E-state index is -0.738. The number of unbranched alkanes of at least 4 members (excludes halogenated alkanes) is 8. The number of rotatable bonds is 14. The topological polar surface area (TPSA) is 57.6 Å². The van der Waals surface area contributed by atoms with Gasteiger partial charge in [-0.2, -0.15) is 0 Å². The van der Waals surface area contributed by atoms with Crippen molar-refractivity contribution in [1.82, 2.24) is 4.90 Å². The molecule has 1 amide bonds. The Balaban J connectivity index is 3.42. The largest absolute Gasteiger partial charge is 0.481 e. The van der Waals surface area contributed by atoms with Gasteiger partial charge in [0.2, 0.25) is 5.91 Å². The van der Waals surface area contributed by atoms with Gasteiger partial charge in [-0.25, -0.2) is 0 Å². The predicted molar refractivity (Wildman–Crippen MR) is 86.4 cm³/mol. The number of carboxylic acid groups (broad SMARTS) is 1. The van der Waals surface area contributed by atoms with Crippen LogP contribution in [0, 0.1) is 0 Å². The molecular formula is C17H33NO3. The Labute approximate surface area is 129 Å². The van der Waals surface area contributed by atoms with Gasteiger partial charge in [-0.15, -0.1) is 0 Å². The highest BCUT2D eigenvalue weighted by Gasteiger charge is 2.07. The Morgan fingerprint density at radius 3 is 1.95 bits per heavy atom. The molecule has 0 aromatic heterocycles. The smallest absolute Gasteiger partial charge is 0.303 e. The minimum absolute atomic E-state index is 0.224. The molecule has 0 aliphatic heterocycles. The maximum absolute atomic E-state index is 11.9. The van der Waals surface area contributed by atoms with Crippen molar-refractivity contribution in [3.63, 3.8) is 0 Å². The number of carboxylic acids is 1. The van der Waals surface area contributed by atoms with E-state index in [4.69, 9.17) is 5.11 Å². The molecule has 0 heterocycles. The summed E-state index contributed by atoms with van der Waals surface area (Å²) in [6.07, 6.45) is 12.0. The third kappa shape index (κ3) is 13.7. The van der Waals surface area contributed by atoms with Crippen LogP contribution in [0.3, 0.4) is 0 Å². The van der Waals surface area contributed by atoms with Crippen LogP contribution >= 0.6 is 0 Å². The highest BCUT2D eigenvalue weighted by atomic mass is 16.4. The second kappa shape index (κ2) is 13.9. The molecule has 1 N–H and O–H groups in total. The van der Waals surface area contributed by atoms with Crippen molar-refractivity contribution in [1.29, 1.82) is 0 Å². The fraction of sp³-hybridized carbons (Fsp3) is 0.882. The van der Waals surface area contributed by atoms with E-state index in [1.54, 1.807) is 4.90 Å². The lowest BCUT2D eigenvalue weighted by Gasteiger charge is -2.16. The zero-order valence-corrected chi connectivity index (χ0v) is 13.9. The van der Waals surface area contributed by atoms with Crippen LogP contribution in [0.25, 0.3) is 0 Å². The molecule has 0 fully saturated rings. The quantitative estimate of drug-likeness (QED) is 0.488. The van der Waals surface area contributed by atoms with E-state index in [9.17, 15) is 9.59 Å². The zero-order valence-electron chi connectivity index (χ0n) is 13.9. The molecule has 0 aliphatic rings. The molecule has 0 radical (unpaired) electrons. The van der Waals surface area contributed by atoms with Crippen LogP contribution in [0.1, 0.15) is 84.0 Å². The van der Waals surface area contributed by atoms with Gasteiger partial charge in [-0.05, 0) is 19.3 Å². The van der Waals surface area contributed by atoms with Crippen LogP contribution in [0.15, 0.2) is 0 Å². The van der Waals surface area contributed by atoms with Gasteiger partial charge in [0, 0.05) is 26.4 Å². The average Bonchev–Trinajstić information content (AvgIpc) is 2.45. The van der Waals surface area contributed by atoms with Crippen LogP contribution < -0.4 is 0 Å². The van der Waals surface area contributed by atoms with Crippen LogP contribution in [0.4, 0.5) is 0 Å². The minimum Gasteiger partial charge on any atom is -0.481 e. The van der Waals surface area contributed by atoms with Gasteiger partial charge < -0.3 is 10.0 Å². The molecule has 4 nitrogen and oxygen atoms in total. The molecule has 0 saturated heterocycles. The number of carbonyl (C=O) groups excluding carboxylic acids is 1. The summed E-state index contributed by atoms with van der Waals surface area (Å²) in [6, 6.07) is 0. The van der Waals surface area contributed by atoms with Gasteiger partial charge in [0.15, 0.2) is 0 Å². The van der Waals surface area contributed by atoms with Crippen molar-refractivity contribution in [3.05, 3.63) is 0 Å². The highest BCUT2D eigenvalue weighted by molar-refractivity contribution is 5.75. The van der Waals surface area contributed by atoms with E-state index in [2.05, 4.69) is 6.92 Å². The molecular weight excluding hydrogens is 266 g/mol. The average molecular weight is 299 g/mol. The summed E-state index contributed by atoms with van der Waals surface area (Å²) in [5, 5.41) is 8.53. The Hall–Kier alpha value is -1.06. The lowest BCUT2D eigenvalue weighted by Crippen LogP contribution is -2.27. The molecule has 0 atom stereocenters. The third-order valence-corrected chi connectivity index (χ3v) is 3.80. The van der Waals surface area contributed by atoms with E-state index in [0.29, 0.717) is 12.8 Å². The van der Waals surface area contributed by atoms with Crippen molar-refractivity contribution < 1.29 is 14.7 Å². The van der Waals surface area contributed by atoms with E-state index in [1.807, 2.05) is 7.05 Å².